The number of allylic oxidation sites excluding steroid dienone is 2. The van der Waals surface area contributed by atoms with Gasteiger partial charge in [0.25, 0.3) is 0 Å². The van der Waals surface area contributed by atoms with Crippen LogP contribution in [0.1, 0.15) is 19.3 Å². The van der Waals surface area contributed by atoms with Gasteiger partial charge in [0.05, 0.1) is 12.1 Å². The number of carboxylic acid groups (broad SMARTS) is 1. The molecule has 4 aliphatic rings. The summed E-state index contributed by atoms with van der Waals surface area (Å²) in [5.41, 5.74) is -0.200. The van der Waals surface area contributed by atoms with Crippen LogP contribution in [0.5, 0.6) is 0 Å². The molecule has 4 atom stereocenters. The zero-order valence-electron chi connectivity index (χ0n) is 15.0. The van der Waals surface area contributed by atoms with Crippen LogP contribution in [0.3, 0.4) is 0 Å². The van der Waals surface area contributed by atoms with E-state index in [1.54, 1.807) is 0 Å². The highest BCUT2D eigenvalue weighted by Gasteiger charge is 2.57. The smallest absolute Gasteiger partial charge is 0.329 e. The zero-order chi connectivity index (χ0) is 18.0. The Balaban J connectivity index is 1.55. The largest absolute Gasteiger partial charge is 0.480 e. The number of aliphatic imine (C=N–C) groups is 1. The van der Waals surface area contributed by atoms with E-state index in [-0.39, 0.29) is 17.6 Å². The van der Waals surface area contributed by atoms with Crippen LogP contribution in [0.4, 0.5) is 0 Å². The quantitative estimate of drug-likeness (QED) is 0.575. The van der Waals surface area contributed by atoms with E-state index >= 15 is 0 Å². The molecule has 0 aromatic rings. The predicted octanol–water partition coefficient (Wildman–Crippen LogP) is 1.41. The molecule has 4 unspecified atom stereocenters. The summed E-state index contributed by atoms with van der Waals surface area (Å²) in [5, 5.41) is 12.6. The summed E-state index contributed by atoms with van der Waals surface area (Å²) >= 11 is 0. The highest BCUT2D eigenvalue weighted by molar-refractivity contribution is 5.68. The molecular weight excluding hydrogens is 330 g/mol. The first-order valence-corrected chi connectivity index (χ1v) is 9.50. The molecule has 0 saturated carbocycles. The van der Waals surface area contributed by atoms with Crippen molar-refractivity contribution < 1.29 is 14.6 Å². The number of nitrogens with one attached hydrogen (secondary N) is 1. The van der Waals surface area contributed by atoms with Crippen molar-refractivity contribution in [2.75, 3.05) is 32.8 Å². The number of aliphatic carboxylic acids is 1. The minimum atomic E-state index is -0.913. The lowest BCUT2D eigenvalue weighted by molar-refractivity contribution is -0.142. The minimum absolute atomic E-state index is 0.00489. The topological polar surface area (TPSA) is 74.2 Å². The van der Waals surface area contributed by atoms with E-state index < -0.39 is 5.97 Å². The molecule has 26 heavy (non-hydrogen) atoms. The molecule has 6 heteroatoms. The fourth-order valence-electron chi connectivity index (χ4n) is 5.08. The molecule has 1 fully saturated rings. The minimum Gasteiger partial charge on any atom is -0.480 e. The molecule has 3 heterocycles. The van der Waals surface area contributed by atoms with Gasteiger partial charge in [0, 0.05) is 43.4 Å². The number of carbonyl (C=O) groups is 1. The van der Waals surface area contributed by atoms with Crippen molar-refractivity contribution in [3.05, 3.63) is 36.5 Å². The van der Waals surface area contributed by atoms with Gasteiger partial charge >= 0.3 is 5.97 Å². The van der Waals surface area contributed by atoms with Gasteiger partial charge in [0.2, 0.25) is 0 Å². The third kappa shape index (κ3) is 2.96. The Labute approximate surface area is 154 Å². The number of piperidine rings is 1. The molecule has 0 aromatic carbocycles. The van der Waals surface area contributed by atoms with E-state index in [0.29, 0.717) is 18.7 Å². The maximum Gasteiger partial charge on any atom is 0.329 e. The average Bonchev–Trinajstić information content (AvgIpc) is 2.79. The maximum absolute atomic E-state index is 10.6. The highest BCUT2D eigenvalue weighted by Crippen LogP contribution is 2.51. The van der Waals surface area contributed by atoms with Gasteiger partial charge in [-0.2, -0.15) is 0 Å². The first-order chi connectivity index (χ1) is 12.7. The second kappa shape index (κ2) is 7.10. The van der Waals surface area contributed by atoms with Gasteiger partial charge in [-0.25, -0.2) is 4.79 Å². The molecule has 0 bridgehead atoms. The molecule has 0 amide bonds. The molecule has 6 nitrogen and oxygen atoms in total. The van der Waals surface area contributed by atoms with Crippen LogP contribution in [0.15, 0.2) is 41.4 Å². The van der Waals surface area contributed by atoms with E-state index in [0.717, 1.165) is 38.9 Å². The fraction of sp³-hybridized carbons (Fsp3) is 0.600. The van der Waals surface area contributed by atoms with Gasteiger partial charge < -0.3 is 15.2 Å². The number of rotatable bonds is 5. The summed E-state index contributed by atoms with van der Waals surface area (Å²) in [6, 6.07) is 0.705. The summed E-state index contributed by atoms with van der Waals surface area (Å²) in [4.78, 5) is 17.8. The standard InChI is InChI=1S/C20H27N3O3/c24-18(25)15-26-13-5-16-4-9-19-6-1-2-7-20(19,22-16)8-3-11-23-12-10-21-14-17(19)23/h1-3,6-8,10,16-17,22H,4-5,9,11-15H2,(H,24,25). The van der Waals surface area contributed by atoms with Gasteiger partial charge in [-0.15, -0.1) is 0 Å². The Hall–Kier alpha value is -1.76. The van der Waals surface area contributed by atoms with Gasteiger partial charge in [0.15, 0.2) is 0 Å². The van der Waals surface area contributed by atoms with Crippen LogP contribution < -0.4 is 5.32 Å². The van der Waals surface area contributed by atoms with E-state index in [1.807, 2.05) is 6.21 Å². The molecule has 0 aromatic heterocycles. The summed E-state index contributed by atoms with van der Waals surface area (Å²) in [7, 11) is 0. The van der Waals surface area contributed by atoms with Crippen molar-refractivity contribution in [2.45, 2.75) is 36.9 Å². The van der Waals surface area contributed by atoms with Crippen LogP contribution in [0, 0.1) is 5.41 Å². The lowest BCUT2D eigenvalue weighted by Gasteiger charge is -2.58. The Kier molecular flexibility index (Phi) is 4.82. The molecule has 140 valence electrons. The Morgan fingerprint density at radius 2 is 2.19 bits per heavy atom. The monoisotopic (exact) mass is 357 g/mol. The van der Waals surface area contributed by atoms with Crippen molar-refractivity contribution in [3.8, 4) is 0 Å². The van der Waals surface area contributed by atoms with E-state index in [1.165, 1.54) is 0 Å². The van der Waals surface area contributed by atoms with Crippen LogP contribution in [-0.2, 0) is 9.53 Å². The van der Waals surface area contributed by atoms with Crippen LogP contribution in [-0.4, -0.2) is 72.7 Å². The molecule has 2 N–H and O–H groups in total. The van der Waals surface area contributed by atoms with Gasteiger partial charge in [0.1, 0.15) is 6.61 Å². The Bertz CT molecular complexity index is 671. The van der Waals surface area contributed by atoms with Crippen LogP contribution in [0.2, 0.25) is 0 Å². The summed E-state index contributed by atoms with van der Waals surface area (Å²) < 4.78 is 5.26. The van der Waals surface area contributed by atoms with Crippen LogP contribution >= 0.6 is 0 Å². The zero-order valence-corrected chi connectivity index (χ0v) is 15.0. The third-order valence-corrected chi connectivity index (χ3v) is 6.30. The van der Waals surface area contributed by atoms with E-state index in [9.17, 15) is 4.79 Å². The first-order valence-electron chi connectivity index (χ1n) is 9.50. The SMILES string of the molecule is O=C(O)COCCC1CCC23C=CC=CC2(C=CCN2CC=NCC23)N1. The number of ether oxygens (including phenoxy) is 1. The number of hydrogen-bond acceptors (Lipinski definition) is 5. The average molecular weight is 357 g/mol. The van der Waals surface area contributed by atoms with Crippen molar-refractivity contribution in [2.24, 2.45) is 10.4 Å². The van der Waals surface area contributed by atoms with E-state index in [2.05, 4.69) is 51.7 Å². The molecule has 1 aliphatic carbocycles. The second-order valence-electron chi connectivity index (χ2n) is 7.66. The molecule has 0 radical (unpaired) electrons. The van der Waals surface area contributed by atoms with Crippen molar-refractivity contribution in [1.29, 1.82) is 0 Å². The molecule has 4 rings (SSSR count). The van der Waals surface area contributed by atoms with Gasteiger partial charge in [-0.05, 0) is 19.3 Å². The predicted molar refractivity (Wildman–Crippen MR) is 101 cm³/mol. The highest BCUT2D eigenvalue weighted by atomic mass is 16.5. The molecule has 1 saturated heterocycles. The van der Waals surface area contributed by atoms with Crippen molar-refractivity contribution in [3.63, 3.8) is 0 Å². The maximum atomic E-state index is 10.6. The Morgan fingerprint density at radius 1 is 1.31 bits per heavy atom. The van der Waals surface area contributed by atoms with Crippen molar-refractivity contribution >= 4 is 12.2 Å². The van der Waals surface area contributed by atoms with E-state index in [4.69, 9.17) is 9.84 Å². The summed E-state index contributed by atoms with van der Waals surface area (Å²) in [5.74, 6) is -0.913. The Morgan fingerprint density at radius 3 is 3.08 bits per heavy atom. The fourth-order valence-corrected chi connectivity index (χ4v) is 5.08. The van der Waals surface area contributed by atoms with Gasteiger partial charge in [-0.1, -0.05) is 36.5 Å². The normalized spacial score (nSPS) is 38.3. The third-order valence-electron chi connectivity index (χ3n) is 6.30. The second-order valence-corrected chi connectivity index (χ2v) is 7.66. The van der Waals surface area contributed by atoms with Crippen LogP contribution in [0.25, 0.3) is 0 Å². The number of carboxylic acids is 1. The molecule has 0 spiro atoms. The number of fused-ring (bicyclic) bond motifs is 1. The summed E-state index contributed by atoms with van der Waals surface area (Å²) in [6.45, 7) is 2.96. The molecule has 3 aliphatic heterocycles. The lowest BCUT2D eigenvalue weighted by atomic mass is 9.57. The molecular formula is C20H27N3O3. The number of hydrogen-bond donors (Lipinski definition) is 2. The first kappa shape index (κ1) is 17.6. The van der Waals surface area contributed by atoms with Crippen molar-refractivity contribution in [1.82, 2.24) is 10.2 Å². The van der Waals surface area contributed by atoms with Gasteiger partial charge in [-0.3, -0.25) is 9.89 Å². The lowest BCUT2D eigenvalue weighted by Crippen LogP contribution is -2.69. The number of nitrogens with zero attached hydrogens (tertiary/aromatic N) is 2. The summed E-state index contributed by atoms with van der Waals surface area (Å²) in [6.07, 6.45) is 18.7.